The van der Waals surface area contributed by atoms with Crippen molar-refractivity contribution in [1.82, 2.24) is 5.32 Å². The predicted octanol–water partition coefficient (Wildman–Crippen LogP) is 2.81. The van der Waals surface area contributed by atoms with Gasteiger partial charge in [-0.15, -0.1) is 0 Å². The highest BCUT2D eigenvalue weighted by Gasteiger charge is 2.33. The van der Waals surface area contributed by atoms with Gasteiger partial charge >= 0.3 is 6.18 Å². The fourth-order valence-electron chi connectivity index (χ4n) is 1.51. The van der Waals surface area contributed by atoms with Gasteiger partial charge in [-0.2, -0.15) is 13.2 Å². The van der Waals surface area contributed by atoms with E-state index in [4.69, 9.17) is 0 Å². The van der Waals surface area contributed by atoms with Crippen LogP contribution in [0.1, 0.15) is 11.1 Å². The van der Waals surface area contributed by atoms with Crippen LogP contribution in [-0.4, -0.2) is 19.8 Å². The topological polar surface area (TPSA) is 12.0 Å². The van der Waals surface area contributed by atoms with Gasteiger partial charge in [-0.3, -0.25) is 0 Å². The summed E-state index contributed by atoms with van der Waals surface area (Å²) in [4.78, 5) is 0. The van der Waals surface area contributed by atoms with Gasteiger partial charge in [-0.1, -0.05) is 18.2 Å². The van der Waals surface area contributed by atoms with Gasteiger partial charge in [0.2, 0.25) is 0 Å². The Morgan fingerprint density at radius 3 is 2.44 bits per heavy atom. The van der Waals surface area contributed by atoms with E-state index >= 15 is 0 Å². The Balaban J connectivity index is 2.87. The molecule has 0 aliphatic carbocycles. The van der Waals surface area contributed by atoms with Crippen LogP contribution >= 0.6 is 0 Å². The highest BCUT2D eigenvalue weighted by molar-refractivity contribution is 5.30. The summed E-state index contributed by atoms with van der Waals surface area (Å²) in [5.41, 5.74) is -0.758. The lowest BCUT2D eigenvalue weighted by Gasteiger charge is -2.14. The first kappa shape index (κ1) is 13.0. The van der Waals surface area contributed by atoms with E-state index in [2.05, 4.69) is 5.32 Å². The highest BCUT2D eigenvalue weighted by Crippen LogP contribution is 2.32. The smallest absolute Gasteiger partial charge is 0.317 e. The molecule has 0 saturated carbocycles. The molecule has 16 heavy (non-hydrogen) atoms. The summed E-state index contributed by atoms with van der Waals surface area (Å²) in [6.45, 7) is 0.0478. The maximum atomic E-state index is 13.2. The lowest BCUT2D eigenvalue weighted by molar-refractivity contribution is -0.138. The number of hydrogen-bond acceptors (Lipinski definition) is 1. The molecule has 0 aliphatic rings. The van der Waals surface area contributed by atoms with E-state index in [-0.39, 0.29) is 18.5 Å². The van der Waals surface area contributed by atoms with Crippen molar-refractivity contribution < 1.29 is 17.6 Å². The van der Waals surface area contributed by atoms with Gasteiger partial charge in [0.05, 0.1) is 5.56 Å². The molecule has 1 nitrogen and oxygen atoms in total. The van der Waals surface area contributed by atoms with Gasteiger partial charge in [-0.05, 0) is 18.7 Å². The number of nitrogens with one attached hydrogen (secondary N) is 1. The molecule has 0 amide bonds. The van der Waals surface area contributed by atoms with E-state index in [1.54, 1.807) is 7.05 Å². The monoisotopic (exact) mass is 235 g/mol. The van der Waals surface area contributed by atoms with E-state index in [1.165, 1.54) is 18.2 Å². The van der Waals surface area contributed by atoms with E-state index in [0.717, 1.165) is 6.07 Å². The molecule has 1 N–H and O–H groups in total. The van der Waals surface area contributed by atoms with Crippen LogP contribution in [0, 0.1) is 0 Å². The van der Waals surface area contributed by atoms with Crippen molar-refractivity contribution in [2.24, 2.45) is 0 Å². The van der Waals surface area contributed by atoms with Gasteiger partial charge in [0.15, 0.2) is 0 Å². The molecule has 1 unspecified atom stereocenters. The Morgan fingerprint density at radius 1 is 1.25 bits per heavy atom. The van der Waals surface area contributed by atoms with E-state index in [9.17, 15) is 17.6 Å². The van der Waals surface area contributed by atoms with Crippen molar-refractivity contribution in [3.63, 3.8) is 0 Å². The predicted molar refractivity (Wildman–Crippen MR) is 54.0 cm³/mol. The first-order valence-electron chi connectivity index (χ1n) is 4.89. The molecule has 0 aromatic heterocycles. The second-order valence-electron chi connectivity index (χ2n) is 3.51. The van der Waals surface area contributed by atoms with E-state index in [1.807, 2.05) is 0 Å². The lowest BCUT2D eigenvalue weighted by atomic mass is 10.0. The van der Waals surface area contributed by atoms with Gasteiger partial charge in [0.1, 0.15) is 6.17 Å². The van der Waals surface area contributed by atoms with Crippen LogP contribution in [0.2, 0.25) is 0 Å². The third-order valence-corrected chi connectivity index (χ3v) is 2.19. The Hall–Kier alpha value is -1.10. The number of benzene rings is 1. The molecule has 90 valence electrons. The van der Waals surface area contributed by atoms with Gasteiger partial charge < -0.3 is 5.32 Å². The SMILES string of the molecule is CNCC(F)Cc1ccccc1C(F)(F)F. The summed E-state index contributed by atoms with van der Waals surface area (Å²) >= 11 is 0. The van der Waals surface area contributed by atoms with E-state index < -0.39 is 17.9 Å². The maximum absolute atomic E-state index is 13.2. The van der Waals surface area contributed by atoms with Crippen molar-refractivity contribution in [3.8, 4) is 0 Å². The molecule has 0 saturated heterocycles. The Morgan fingerprint density at radius 2 is 1.88 bits per heavy atom. The summed E-state index contributed by atoms with van der Waals surface area (Å²) in [5, 5.41) is 2.59. The zero-order valence-corrected chi connectivity index (χ0v) is 8.81. The first-order valence-corrected chi connectivity index (χ1v) is 4.89. The average Bonchev–Trinajstić information content (AvgIpc) is 2.17. The minimum Gasteiger partial charge on any atom is -0.317 e. The molecule has 0 aliphatic heterocycles. The highest BCUT2D eigenvalue weighted by atomic mass is 19.4. The maximum Gasteiger partial charge on any atom is 0.416 e. The number of rotatable bonds is 4. The van der Waals surface area contributed by atoms with Crippen molar-refractivity contribution >= 4 is 0 Å². The minimum atomic E-state index is -4.42. The third-order valence-electron chi connectivity index (χ3n) is 2.19. The summed E-state index contributed by atoms with van der Waals surface area (Å²) in [6.07, 6.45) is -5.96. The molecule has 1 aromatic rings. The number of alkyl halides is 4. The molecule has 1 atom stereocenters. The fraction of sp³-hybridized carbons (Fsp3) is 0.455. The molecular weight excluding hydrogens is 222 g/mol. The molecular formula is C11H13F4N. The molecule has 1 aromatic carbocycles. The van der Waals surface area contributed by atoms with Gasteiger partial charge in [-0.25, -0.2) is 4.39 Å². The van der Waals surface area contributed by atoms with Crippen LogP contribution in [0.5, 0.6) is 0 Å². The fourth-order valence-corrected chi connectivity index (χ4v) is 1.51. The normalized spacial score (nSPS) is 13.8. The van der Waals surface area contributed by atoms with Crippen LogP contribution in [0.4, 0.5) is 17.6 Å². The van der Waals surface area contributed by atoms with Crippen molar-refractivity contribution in [2.75, 3.05) is 13.6 Å². The Labute approximate surface area is 91.5 Å². The van der Waals surface area contributed by atoms with Gasteiger partial charge in [0, 0.05) is 13.0 Å². The largest absolute Gasteiger partial charge is 0.416 e. The zero-order valence-electron chi connectivity index (χ0n) is 8.81. The van der Waals surface area contributed by atoms with Crippen LogP contribution < -0.4 is 5.32 Å². The molecule has 1 rings (SSSR count). The first-order chi connectivity index (χ1) is 7.45. The summed E-state index contributed by atoms with van der Waals surface area (Å²) < 4.78 is 50.9. The van der Waals surface area contributed by atoms with Crippen LogP contribution in [-0.2, 0) is 12.6 Å². The Bertz CT molecular complexity index is 335. The Kier molecular flexibility index (Phi) is 4.29. The summed E-state index contributed by atoms with van der Waals surface area (Å²) in [7, 11) is 1.56. The summed E-state index contributed by atoms with van der Waals surface area (Å²) in [6, 6.07) is 5.07. The van der Waals surface area contributed by atoms with Gasteiger partial charge in [0.25, 0.3) is 0 Å². The summed E-state index contributed by atoms with van der Waals surface area (Å²) in [5.74, 6) is 0. The standard InChI is InChI=1S/C11H13F4N/c1-16-7-9(12)6-8-4-2-3-5-10(8)11(13,14)15/h2-5,9,16H,6-7H2,1H3. The molecule has 0 heterocycles. The molecule has 5 heteroatoms. The molecule has 0 bridgehead atoms. The van der Waals surface area contributed by atoms with E-state index in [0.29, 0.717) is 0 Å². The molecule has 0 radical (unpaired) electrons. The average molecular weight is 235 g/mol. The second kappa shape index (κ2) is 5.30. The zero-order chi connectivity index (χ0) is 12.2. The van der Waals surface area contributed by atoms with Crippen molar-refractivity contribution in [3.05, 3.63) is 35.4 Å². The minimum absolute atomic E-state index is 0.00208. The van der Waals surface area contributed by atoms with Crippen LogP contribution in [0.15, 0.2) is 24.3 Å². The van der Waals surface area contributed by atoms with Crippen LogP contribution in [0.3, 0.4) is 0 Å². The second-order valence-corrected chi connectivity index (χ2v) is 3.51. The third kappa shape index (κ3) is 3.48. The van der Waals surface area contributed by atoms with Crippen molar-refractivity contribution in [1.29, 1.82) is 0 Å². The van der Waals surface area contributed by atoms with Crippen molar-refractivity contribution in [2.45, 2.75) is 18.8 Å². The quantitative estimate of drug-likeness (QED) is 0.791. The molecule has 0 spiro atoms. The van der Waals surface area contributed by atoms with Crippen LogP contribution in [0.25, 0.3) is 0 Å². The number of hydrogen-bond donors (Lipinski definition) is 1. The number of halogens is 4. The lowest BCUT2D eigenvalue weighted by Crippen LogP contribution is -2.23. The molecule has 0 fully saturated rings.